The molecule has 4 rings (SSSR count). The van der Waals surface area contributed by atoms with Crippen molar-refractivity contribution in [3.63, 3.8) is 0 Å². The molecule has 0 saturated carbocycles. The highest BCUT2D eigenvalue weighted by molar-refractivity contribution is 7.89. The number of furan rings is 1. The van der Waals surface area contributed by atoms with E-state index in [2.05, 4.69) is 5.32 Å². The van der Waals surface area contributed by atoms with Crippen LogP contribution in [0.2, 0.25) is 0 Å². The maximum absolute atomic E-state index is 13.2. The minimum atomic E-state index is -3.75. The fourth-order valence-corrected chi connectivity index (χ4v) is 6.01. The number of rotatable bonds is 7. The molecule has 10 nitrogen and oxygen atoms in total. The molecule has 0 aliphatic carbocycles. The lowest BCUT2D eigenvalue weighted by Crippen LogP contribution is -2.29. The van der Waals surface area contributed by atoms with E-state index in [9.17, 15) is 18.0 Å². The molecular weight excluding hydrogens is 462 g/mol. The van der Waals surface area contributed by atoms with Crippen LogP contribution in [-0.4, -0.2) is 69.8 Å². The normalized spacial score (nSPS) is 16.6. The molecule has 0 spiro atoms. The van der Waals surface area contributed by atoms with E-state index in [1.807, 2.05) is 0 Å². The van der Waals surface area contributed by atoms with Gasteiger partial charge < -0.3 is 24.1 Å². The van der Waals surface area contributed by atoms with Gasteiger partial charge in [-0.1, -0.05) is 0 Å². The van der Waals surface area contributed by atoms with Crippen molar-refractivity contribution in [2.45, 2.75) is 37.5 Å². The van der Waals surface area contributed by atoms with Gasteiger partial charge in [0.25, 0.3) is 11.8 Å². The first-order valence-electron chi connectivity index (χ1n) is 11.2. The monoisotopic (exact) mass is 491 g/mol. The number of nitrogens with one attached hydrogen (secondary N) is 1. The number of ether oxygens (including phenoxy) is 2. The summed E-state index contributed by atoms with van der Waals surface area (Å²) in [6.07, 6.45) is 3.44. The molecule has 1 aromatic heterocycles. The number of methoxy groups -OCH3 is 2. The first-order valence-corrected chi connectivity index (χ1v) is 12.7. The number of carbonyl (C=O) groups is 2. The van der Waals surface area contributed by atoms with Crippen molar-refractivity contribution in [3.05, 3.63) is 35.3 Å². The third-order valence-electron chi connectivity index (χ3n) is 6.17. The lowest BCUT2D eigenvalue weighted by Gasteiger charge is -2.19. The Morgan fingerprint density at radius 2 is 1.53 bits per heavy atom. The molecule has 2 amide bonds. The molecule has 1 N–H and O–H groups in total. The second-order valence-electron chi connectivity index (χ2n) is 8.35. The standard InChI is InChI=1S/C23H29N3O7S/c1-15-21(34(29,30)26-10-6-7-11-26)14-20(33-15)22(27)24-17-13-19(32-3)18(31-2)12-16(17)23(28)25-8-4-5-9-25/h12-14H,4-11H2,1-3H3,(H,24,27). The molecule has 0 bridgehead atoms. The van der Waals surface area contributed by atoms with Crippen LogP contribution in [0.15, 0.2) is 27.5 Å². The Hall–Kier alpha value is -3.05. The van der Waals surface area contributed by atoms with Crippen LogP contribution in [0, 0.1) is 6.92 Å². The summed E-state index contributed by atoms with van der Waals surface area (Å²) in [4.78, 5) is 27.9. The van der Waals surface area contributed by atoms with Gasteiger partial charge in [0.05, 0.1) is 25.5 Å². The summed E-state index contributed by atoms with van der Waals surface area (Å²) in [5, 5.41) is 2.69. The molecule has 184 valence electrons. The topological polar surface area (TPSA) is 118 Å². The summed E-state index contributed by atoms with van der Waals surface area (Å²) < 4.78 is 43.5. The van der Waals surface area contributed by atoms with Crippen LogP contribution >= 0.6 is 0 Å². The Kier molecular flexibility index (Phi) is 6.85. The molecule has 0 unspecified atom stereocenters. The number of hydrogen-bond donors (Lipinski definition) is 1. The number of likely N-dealkylation sites (tertiary alicyclic amines) is 1. The van der Waals surface area contributed by atoms with Crippen LogP contribution in [0.5, 0.6) is 11.5 Å². The number of nitrogens with zero attached hydrogens (tertiary/aromatic N) is 2. The first-order chi connectivity index (χ1) is 16.3. The van der Waals surface area contributed by atoms with Gasteiger partial charge in [-0.2, -0.15) is 4.31 Å². The van der Waals surface area contributed by atoms with Crippen LogP contribution in [0.1, 0.15) is 52.4 Å². The molecule has 0 radical (unpaired) electrons. The maximum Gasteiger partial charge on any atom is 0.291 e. The largest absolute Gasteiger partial charge is 0.493 e. The maximum atomic E-state index is 13.2. The van der Waals surface area contributed by atoms with Crippen LogP contribution < -0.4 is 14.8 Å². The van der Waals surface area contributed by atoms with Crippen LogP contribution in [0.25, 0.3) is 0 Å². The van der Waals surface area contributed by atoms with Crippen molar-refractivity contribution in [1.82, 2.24) is 9.21 Å². The van der Waals surface area contributed by atoms with Crippen LogP contribution in [-0.2, 0) is 10.0 Å². The average Bonchev–Trinajstić information content (AvgIpc) is 3.60. The minimum Gasteiger partial charge on any atom is -0.493 e. The SMILES string of the molecule is COc1cc(NC(=O)c2cc(S(=O)(=O)N3CCCC3)c(C)o2)c(C(=O)N2CCCC2)cc1OC. The minimum absolute atomic E-state index is 0.0276. The highest BCUT2D eigenvalue weighted by Gasteiger charge is 2.32. The highest BCUT2D eigenvalue weighted by Crippen LogP contribution is 2.35. The molecule has 1 aromatic carbocycles. The van der Waals surface area contributed by atoms with E-state index in [-0.39, 0.29) is 33.6 Å². The first kappa shape index (κ1) is 24.1. The molecule has 2 fully saturated rings. The number of hydrogen-bond acceptors (Lipinski definition) is 7. The van der Waals surface area contributed by atoms with E-state index < -0.39 is 15.9 Å². The molecule has 2 aliphatic heterocycles. The van der Waals surface area contributed by atoms with Gasteiger partial charge in [-0.25, -0.2) is 8.42 Å². The zero-order valence-electron chi connectivity index (χ0n) is 19.5. The van der Waals surface area contributed by atoms with Gasteiger partial charge in [0.15, 0.2) is 17.3 Å². The summed E-state index contributed by atoms with van der Waals surface area (Å²) in [5.41, 5.74) is 0.471. The van der Waals surface area contributed by atoms with Gasteiger partial charge in [-0.3, -0.25) is 9.59 Å². The van der Waals surface area contributed by atoms with E-state index in [4.69, 9.17) is 13.9 Å². The molecule has 2 saturated heterocycles. The van der Waals surface area contributed by atoms with Crippen molar-refractivity contribution < 1.29 is 31.9 Å². The molecule has 2 aromatic rings. The van der Waals surface area contributed by atoms with Gasteiger partial charge in [0.2, 0.25) is 10.0 Å². The van der Waals surface area contributed by atoms with Crippen molar-refractivity contribution in [3.8, 4) is 11.5 Å². The number of carbonyl (C=O) groups excluding carboxylic acids is 2. The average molecular weight is 492 g/mol. The van der Waals surface area contributed by atoms with E-state index in [1.165, 1.54) is 43.6 Å². The van der Waals surface area contributed by atoms with Crippen molar-refractivity contribution >= 4 is 27.5 Å². The molecular formula is C23H29N3O7S. The number of aryl methyl sites for hydroxylation is 1. The Morgan fingerprint density at radius 1 is 0.941 bits per heavy atom. The predicted molar refractivity (Wildman–Crippen MR) is 124 cm³/mol. The lowest BCUT2D eigenvalue weighted by molar-refractivity contribution is 0.0793. The molecule has 11 heteroatoms. The van der Waals surface area contributed by atoms with E-state index in [0.29, 0.717) is 37.7 Å². The second-order valence-corrected chi connectivity index (χ2v) is 10.3. The van der Waals surface area contributed by atoms with Gasteiger partial charge in [-0.15, -0.1) is 0 Å². The van der Waals surface area contributed by atoms with Crippen LogP contribution in [0.4, 0.5) is 5.69 Å². The number of sulfonamides is 1. The van der Waals surface area contributed by atoms with Gasteiger partial charge in [-0.05, 0) is 38.7 Å². The smallest absolute Gasteiger partial charge is 0.291 e. The van der Waals surface area contributed by atoms with Gasteiger partial charge in [0, 0.05) is 38.3 Å². The molecule has 0 atom stereocenters. The van der Waals surface area contributed by atoms with E-state index >= 15 is 0 Å². The summed E-state index contributed by atoms with van der Waals surface area (Å²) in [5.74, 6) is -0.239. The quantitative estimate of drug-likeness (QED) is 0.633. The Labute approximate surface area is 198 Å². The summed E-state index contributed by atoms with van der Waals surface area (Å²) in [7, 11) is -0.823. The molecule has 2 aliphatic rings. The second kappa shape index (κ2) is 9.67. The number of anilines is 1. The third-order valence-corrected chi connectivity index (χ3v) is 8.18. The summed E-state index contributed by atoms with van der Waals surface area (Å²) in [6, 6.07) is 4.28. The summed E-state index contributed by atoms with van der Waals surface area (Å²) in [6.45, 7) is 3.67. The number of benzene rings is 1. The molecule has 34 heavy (non-hydrogen) atoms. The van der Waals surface area contributed by atoms with Crippen molar-refractivity contribution in [2.75, 3.05) is 45.7 Å². The fraction of sp³-hybridized carbons (Fsp3) is 0.478. The zero-order chi connectivity index (χ0) is 24.5. The number of amides is 2. The lowest BCUT2D eigenvalue weighted by atomic mass is 10.1. The van der Waals surface area contributed by atoms with Gasteiger partial charge >= 0.3 is 0 Å². The van der Waals surface area contributed by atoms with E-state index in [0.717, 1.165) is 25.7 Å². The van der Waals surface area contributed by atoms with E-state index in [1.54, 1.807) is 4.90 Å². The predicted octanol–water partition coefficient (Wildman–Crippen LogP) is 2.88. The van der Waals surface area contributed by atoms with Crippen LogP contribution in [0.3, 0.4) is 0 Å². The molecule has 3 heterocycles. The van der Waals surface area contributed by atoms with Crippen molar-refractivity contribution in [2.24, 2.45) is 0 Å². The fourth-order valence-electron chi connectivity index (χ4n) is 4.33. The Bertz CT molecular complexity index is 1190. The Balaban J connectivity index is 1.65. The zero-order valence-corrected chi connectivity index (χ0v) is 20.4. The van der Waals surface area contributed by atoms with Gasteiger partial charge in [0.1, 0.15) is 10.7 Å². The Morgan fingerprint density at radius 3 is 2.15 bits per heavy atom. The van der Waals surface area contributed by atoms with Crippen molar-refractivity contribution in [1.29, 1.82) is 0 Å². The highest BCUT2D eigenvalue weighted by atomic mass is 32.2. The third kappa shape index (κ3) is 4.49. The summed E-state index contributed by atoms with van der Waals surface area (Å²) >= 11 is 0.